The van der Waals surface area contributed by atoms with E-state index in [2.05, 4.69) is 10.3 Å². The van der Waals surface area contributed by atoms with E-state index in [0.29, 0.717) is 42.5 Å². The van der Waals surface area contributed by atoms with Gasteiger partial charge in [0.25, 0.3) is 5.91 Å². The highest BCUT2D eigenvalue weighted by molar-refractivity contribution is 6.30. The molecule has 2 aromatic heterocycles. The first-order valence-corrected chi connectivity index (χ1v) is 10.1. The zero-order valence-electron chi connectivity index (χ0n) is 16.8. The van der Waals surface area contributed by atoms with Crippen molar-refractivity contribution in [2.75, 3.05) is 26.2 Å². The normalized spacial score (nSPS) is 14.2. The molecular formula is C21H22ClN5O3. The second-order valence-corrected chi connectivity index (χ2v) is 7.74. The van der Waals surface area contributed by atoms with Crippen LogP contribution < -0.4 is 0 Å². The maximum atomic E-state index is 12.9. The predicted molar refractivity (Wildman–Crippen MR) is 111 cm³/mol. The second kappa shape index (κ2) is 8.31. The molecule has 9 heteroatoms. The second-order valence-electron chi connectivity index (χ2n) is 7.31. The number of hydrogen-bond acceptors (Lipinski definition) is 5. The van der Waals surface area contributed by atoms with Crippen LogP contribution in [0, 0.1) is 13.8 Å². The number of aromatic nitrogens is 3. The Morgan fingerprint density at radius 3 is 2.53 bits per heavy atom. The molecule has 0 saturated carbocycles. The van der Waals surface area contributed by atoms with Gasteiger partial charge in [-0.15, -0.1) is 0 Å². The molecule has 8 nitrogen and oxygen atoms in total. The van der Waals surface area contributed by atoms with E-state index >= 15 is 0 Å². The number of carbonyl (C=O) groups excluding carboxylic acids is 2. The number of hydrogen-bond donors (Lipinski definition) is 0. The SMILES string of the molecule is Cc1noc(C)c1CC(=O)N1CCN(C(=O)c2cnn(-c3cccc(Cl)c3)c2)CC1. The van der Waals surface area contributed by atoms with E-state index in [4.69, 9.17) is 16.1 Å². The number of benzene rings is 1. The lowest BCUT2D eigenvalue weighted by atomic mass is 10.1. The largest absolute Gasteiger partial charge is 0.361 e. The summed E-state index contributed by atoms with van der Waals surface area (Å²) in [5, 5.41) is 8.78. The molecule has 0 spiro atoms. The molecule has 1 saturated heterocycles. The van der Waals surface area contributed by atoms with E-state index in [9.17, 15) is 9.59 Å². The molecule has 4 rings (SSSR count). The quantitative estimate of drug-likeness (QED) is 0.639. The number of piperazine rings is 1. The van der Waals surface area contributed by atoms with Crippen LogP contribution in [0.25, 0.3) is 5.69 Å². The summed E-state index contributed by atoms with van der Waals surface area (Å²) in [7, 11) is 0. The lowest BCUT2D eigenvalue weighted by Crippen LogP contribution is -2.51. The molecule has 0 radical (unpaired) electrons. The smallest absolute Gasteiger partial charge is 0.257 e. The number of nitrogens with zero attached hydrogens (tertiary/aromatic N) is 5. The van der Waals surface area contributed by atoms with Crippen LogP contribution in [0.15, 0.2) is 41.2 Å². The number of aryl methyl sites for hydroxylation is 2. The van der Waals surface area contributed by atoms with E-state index < -0.39 is 0 Å². The highest BCUT2D eigenvalue weighted by Crippen LogP contribution is 2.17. The van der Waals surface area contributed by atoms with Gasteiger partial charge >= 0.3 is 0 Å². The third kappa shape index (κ3) is 4.09. The fraction of sp³-hybridized carbons (Fsp3) is 0.333. The molecule has 0 bridgehead atoms. The van der Waals surface area contributed by atoms with E-state index in [1.54, 1.807) is 39.0 Å². The molecule has 30 heavy (non-hydrogen) atoms. The highest BCUT2D eigenvalue weighted by Gasteiger charge is 2.26. The maximum absolute atomic E-state index is 12.9. The Bertz CT molecular complexity index is 1060. The van der Waals surface area contributed by atoms with Gasteiger partial charge in [0.1, 0.15) is 5.76 Å². The summed E-state index contributed by atoms with van der Waals surface area (Å²) in [6.07, 6.45) is 3.52. The standard InChI is InChI=1S/C21H22ClN5O3/c1-14-19(15(2)30-24-14)11-20(28)25-6-8-26(9-7-25)21(29)16-12-23-27(13-16)18-5-3-4-17(22)10-18/h3-5,10,12-13H,6-9,11H2,1-2H3. The first-order chi connectivity index (χ1) is 14.4. The molecule has 156 valence electrons. The van der Waals surface area contributed by atoms with Crippen molar-refractivity contribution >= 4 is 23.4 Å². The van der Waals surface area contributed by atoms with Gasteiger partial charge in [0, 0.05) is 43.0 Å². The van der Waals surface area contributed by atoms with Crippen LogP contribution in [0.4, 0.5) is 0 Å². The summed E-state index contributed by atoms with van der Waals surface area (Å²) in [4.78, 5) is 29.0. The molecule has 0 N–H and O–H groups in total. The molecule has 0 unspecified atom stereocenters. The molecule has 0 aliphatic carbocycles. The monoisotopic (exact) mass is 427 g/mol. The van der Waals surface area contributed by atoms with Crippen molar-refractivity contribution in [2.45, 2.75) is 20.3 Å². The number of halogens is 1. The fourth-order valence-electron chi connectivity index (χ4n) is 3.55. The minimum absolute atomic E-state index is 0.0188. The van der Waals surface area contributed by atoms with E-state index in [1.807, 2.05) is 26.0 Å². The van der Waals surface area contributed by atoms with Crippen LogP contribution in [-0.2, 0) is 11.2 Å². The Balaban J connectivity index is 1.36. The summed E-state index contributed by atoms with van der Waals surface area (Å²) in [6.45, 7) is 5.60. The summed E-state index contributed by atoms with van der Waals surface area (Å²) in [6, 6.07) is 7.27. The molecule has 2 amide bonds. The molecule has 1 fully saturated rings. The van der Waals surface area contributed by atoms with Gasteiger partial charge in [-0.3, -0.25) is 9.59 Å². The Hall–Kier alpha value is -3.13. The summed E-state index contributed by atoms with van der Waals surface area (Å²) in [5.74, 6) is 0.595. The topological polar surface area (TPSA) is 84.5 Å². The van der Waals surface area contributed by atoms with Crippen LogP contribution in [-0.4, -0.2) is 62.7 Å². The molecule has 1 aromatic carbocycles. The fourth-order valence-corrected chi connectivity index (χ4v) is 3.74. The van der Waals surface area contributed by atoms with Crippen molar-refractivity contribution < 1.29 is 14.1 Å². The summed E-state index contributed by atoms with van der Waals surface area (Å²) >= 11 is 6.03. The van der Waals surface area contributed by atoms with Gasteiger partial charge in [-0.25, -0.2) is 4.68 Å². The third-order valence-corrected chi connectivity index (χ3v) is 5.57. The van der Waals surface area contributed by atoms with Crippen molar-refractivity contribution in [3.8, 4) is 5.69 Å². The van der Waals surface area contributed by atoms with Gasteiger partial charge in [0.2, 0.25) is 5.91 Å². The van der Waals surface area contributed by atoms with Gasteiger partial charge in [0.15, 0.2) is 0 Å². The molecule has 1 aliphatic rings. The lowest BCUT2D eigenvalue weighted by molar-refractivity contribution is -0.131. The Morgan fingerprint density at radius 2 is 1.87 bits per heavy atom. The zero-order valence-corrected chi connectivity index (χ0v) is 17.6. The van der Waals surface area contributed by atoms with Crippen molar-refractivity contribution in [1.29, 1.82) is 0 Å². The molecule has 3 aromatic rings. The van der Waals surface area contributed by atoms with Gasteiger partial charge in [-0.1, -0.05) is 22.8 Å². The number of carbonyl (C=O) groups is 2. The van der Waals surface area contributed by atoms with Crippen LogP contribution in [0.3, 0.4) is 0 Å². The predicted octanol–water partition coefficient (Wildman–Crippen LogP) is 2.66. The van der Waals surface area contributed by atoms with Gasteiger partial charge in [0.05, 0.1) is 29.6 Å². The number of rotatable bonds is 4. The minimum atomic E-state index is -0.0962. The van der Waals surface area contributed by atoms with Crippen LogP contribution in [0.1, 0.15) is 27.4 Å². The Kier molecular flexibility index (Phi) is 5.59. The van der Waals surface area contributed by atoms with Gasteiger partial charge in [-0.05, 0) is 32.0 Å². The van der Waals surface area contributed by atoms with Crippen molar-refractivity contribution in [3.63, 3.8) is 0 Å². The Morgan fingerprint density at radius 1 is 1.13 bits per heavy atom. The minimum Gasteiger partial charge on any atom is -0.361 e. The average Bonchev–Trinajstić information content (AvgIpc) is 3.36. The molecular weight excluding hydrogens is 406 g/mol. The van der Waals surface area contributed by atoms with Crippen molar-refractivity contribution in [1.82, 2.24) is 24.7 Å². The zero-order chi connectivity index (χ0) is 21.3. The molecule has 1 aliphatic heterocycles. The van der Waals surface area contributed by atoms with E-state index in [0.717, 1.165) is 16.9 Å². The average molecular weight is 428 g/mol. The van der Waals surface area contributed by atoms with Crippen LogP contribution in [0.2, 0.25) is 5.02 Å². The first kappa shape index (κ1) is 20.2. The lowest BCUT2D eigenvalue weighted by Gasteiger charge is -2.34. The maximum Gasteiger partial charge on any atom is 0.257 e. The van der Waals surface area contributed by atoms with E-state index in [1.165, 1.54) is 0 Å². The molecule has 3 heterocycles. The van der Waals surface area contributed by atoms with Crippen molar-refractivity contribution in [2.24, 2.45) is 0 Å². The Labute approximate surface area is 179 Å². The highest BCUT2D eigenvalue weighted by atomic mass is 35.5. The molecule has 0 atom stereocenters. The summed E-state index contributed by atoms with van der Waals surface area (Å²) < 4.78 is 6.76. The van der Waals surface area contributed by atoms with Crippen LogP contribution >= 0.6 is 11.6 Å². The van der Waals surface area contributed by atoms with E-state index in [-0.39, 0.29) is 18.2 Å². The third-order valence-electron chi connectivity index (χ3n) is 5.33. The van der Waals surface area contributed by atoms with Gasteiger partial charge < -0.3 is 14.3 Å². The van der Waals surface area contributed by atoms with Gasteiger partial charge in [-0.2, -0.15) is 5.10 Å². The van der Waals surface area contributed by atoms with Crippen molar-refractivity contribution in [3.05, 3.63) is 64.3 Å². The number of amides is 2. The first-order valence-electron chi connectivity index (χ1n) is 9.72. The summed E-state index contributed by atoms with van der Waals surface area (Å²) in [5.41, 5.74) is 2.88. The van der Waals surface area contributed by atoms with Crippen LogP contribution in [0.5, 0.6) is 0 Å².